The van der Waals surface area contributed by atoms with Gasteiger partial charge in [-0.15, -0.1) is 5.10 Å². The van der Waals surface area contributed by atoms with Crippen LogP contribution in [-0.4, -0.2) is 19.7 Å². The molecule has 1 heterocycles. The van der Waals surface area contributed by atoms with Crippen molar-refractivity contribution >= 4 is 5.69 Å². The van der Waals surface area contributed by atoms with Crippen LogP contribution < -0.4 is 0 Å². The first kappa shape index (κ1) is 17.6. The molecular weight excluding hydrogens is 349 g/mol. The standard InChI is InChI=1S/C17H13F3N4O2/c1-11-9-12(7-8-14(11)24(25)26)10-23-15(13-5-3-2-4-6-13)21-16(22-23)17(18,19)20/h2-9H,10H2,1H3. The average Bonchev–Trinajstić information content (AvgIpc) is 2.99. The monoisotopic (exact) mass is 362 g/mol. The van der Waals surface area contributed by atoms with E-state index in [2.05, 4.69) is 10.1 Å². The van der Waals surface area contributed by atoms with Crippen molar-refractivity contribution in [1.82, 2.24) is 14.8 Å². The normalized spacial score (nSPS) is 11.5. The Hall–Kier alpha value is -3.23. The molecule has 134 valence electrons. The smallest absolute Gasteiger partial charge is 0.258 e. The summed E-state index contributed by atoms with van der Waals surface area (Å²) in [6.45, 7) is 1.58. The minimum absolute atomic E-state index is 0.00609. The van der Waals surface area contributed by atoms with Gasteiger partial charge < -0.3 is 0 Å². The first-order valence-electron chi connectivity index (χ1n) is 7.57. The van der Waals surface area contributed by atoms with E-state index in [9.17, 15) is 23.3 Å². The summed E-state index contributed by atoms with van der Waals surface area (Å²) in [5, 5.41) is 14.5. The third-order valence-corrected chi connectivity index (χ3v) is 3.75. The van der Waals surface area contributed by atoms with Gasteiger partial charge in [0.05, 0.1) is 11.5 Å². The molecule has 26 heavy (non-hydrogen) atoms. The minimum Gasteiger partial charge on any atom is -0.258 e. The maximum atomic E-state index is 13.0. The summed E-state index contributed by atoms with van der Waals surface area (Å²) in [6.07, 6.45) is -4.67. The molecule has 6 nitrogen and oxygen atoms in total. The summed E-state index contributed by atoms with van der Waals surface area (Å²) in [5.74, 6) is -1.15. The predicted molar refractivity (Wildman–Crippen MR) is 87.4 cm³/mol. The van der Waals surface area contributed by atoms with Gasteiger partial charge in [0.1, 0.15) is 0 Å². The molecule has 0 unspecified atom stereocenters. The molecule has 0 N–H and O–H groups in total. The summed E-state index contributed by atoms with van der Waals surface area (Å²) in [5.41, 5.74) is 1.45. The fraction of sp³-hybridized carbons (Fsp3) is 0.176. The molecule has 3 aromatic rings. The van der Waals surface area contributed by atoms with Crippen LogP contribution in [0.3, 0.4) is 0 Å². The van der Waals surface area contributed by atoms with E-state index in [1.54, 1.807) is 43.3 Å². The Kier molecular flexibility index (Phi) is 4.45. The molecule has 0 aliphatic heterocycles. The quantitative estimate of drug-likeness (QED) is 0.514. The second kappa shape index (κ2) is 6.58. The topological polar surface area (TPSA) is 73.8 Å². The first-order chi connectivity index (χ1) is 12.3. The van der Waals surface area contributed by atoms with Crippen LogP contribution in [-0.2, 0) is 12.7 Å². The number of aryl methyl sites for hydroxylation is 1. The molecule has 0 bridgehead atoms. The molecule has 0 saturated heterocycles. The largest absolute Gasteiger partial charge is 0.453 e. The van der Waals surface area contributed by atoms with Gasteiger partial charge >= 0.3 is 6.18 Å². The van der Waals surface area contributed by atoms with Crippen molar-refractivity contribution in [2.45, 2.75) is 19.6 Å². The Morgan fingerprint density at radius 3 is 2.42 bits per heavy atom. The van der Waals surface area contributed by atoms with E-state index in [0.29, 0.717) is 16.7 Å². The van der Waals surface area contributed by atoms with Crippen molar-refractivity contribution in [1.29, 1.82) is 0 Å². The van der Waals surface area contributed by atoms with Crippen LogP contribution in [0.2, 0.25) is 0 Å². The van der Waals surface area contributed by atoms with E-state index < -0.39 is 16.9 Å². The van der Waals surface area contributed by atoms with E-state index in [1.165, 1.54) is 12.1 Å². The fourth-order valence-electron chi connectivity index (χ4n) is 2.57. The number of alkyl halides is 3. The Morgan fingerprint density at radius 1 is 1.15 bits per heavy atom. The second-order valence-electron chi connectivity index (χ2n) is 5.66. The molecule has 0 aliphatic carbocycles. The number of aromatic nitrogens is 3. The van der Waals surface area contributed by atoms with Crippen LogP contribution in [0.4, 0.5) is 18.9 Å². The van der Waals surface area contributed by atoms with Gasteiger partial charge in [-0.3, -0.25) is 10.1 Å². The van der Waals surface area contributed by atoms with E-state index in [4.69, 9.17) is 0 Å². The molecule has 1 aromatic heterocycles. The van der Waals surface area contributed by atoms with E-state index in [1.807, 2.05) is 0 Å². The lowest BCUT2D eigenvalue weighted by atomic mass is 10.1. The van der Waals surface area contributed by atoms with Gasteiger partial charge in [-0.05, 0) is 18.6 Å². The molecule has 0 atom stereocenters. The molecule has 9 heteroatoms. The molecule has 0 spiro atoms. The van der Waals surface area contributed by atoms with Gasteiger partial charge in [0.25, 0.3) is 11.5 Å². The van der Waals surface area contributed by atoms with Crippen LogP contribution in [0, 0.1) is 17.0 Å². The molecule has 2 aromatic carbocycles. The number of nitro groups is 1. The first-order valence-corrected chi connectivity index (χ1v) is 7.57. The number of benzene rings is 2. The Balaban J connectivity index is 2.03. The second-order valence-corrected chi connectivity index (χ2v) is 5.66. The molecule has 0 fully saturated rings. The van der Waals surface area contributed by atoms with Crippen LogP contribution in [0.5, 0.6) is 0 Å². The zero-order chi connectivity index (χ0) is 18.9. The molecule has 0 saturated carbocycles. The number of hydrogen-bond donors (Lipinski definition) is 0. The number of nitro benzene ring substituents is 1. The fourth-order valence-corrected chi connectivity index (χ4v) is 2.57. The maximum Gasteiger partial charge on any atom is 0.453 e. The van der Waals surface area contributed by atoms with Gasteiger partial charge in [0.2, 0.25) is 0 Å². The highest BCUT2D eigenvalue weighted by atomic mass is 19.4. The average molecular weight is 362 g/mol. The lowest BCUT2D eigenvalue weighted by molar-refractivity contribution is -0.385. The van der Waals surface area contributed by atoms with Crippen molar-refractivity contribution in [2.75, 3.05) is 0 Å². The van der Waals surface area contributed by atoms with Crippen molar-refractivity contribution in [2.24, 2.45) is 0 Å². The van der Waals surface area contributed by atoms with E-state index in [0.717, 1.165) is 4.68 Å². The summed E-state index contributed by atoms with van der Waals surface area (Å²) in [7, 11) is 0. The van der Waals surface area contributed by atoms with Crippen molar-refractivity contribution in [3.05, 3.63) is 75.6 Å². The highest BCUT2D eigenvalue weighted by Gasteiger charge is 2.37. The molecule has 3 rings (SSSR count). The van der Waals surface area contributed by atoms with Crippen molar-refractivity contribution in [3.63, 3.8) is 0 Å². The van der Waals surface area contributed by atoms with Gasteiger partial charge in [0, 0.05) is 17.2 Å². The zero-order valence-electron chi connectivity index (χ0n) is 13.6. The van der Waals surface area contributed by atoms with Gasteiger partial charge in [-0.25, -0.2) is 9.67 Å². The van der Waals surface area contributed by atoms with Gasteiger partial charge in [-0.2, -0.15) is 13.2 Å². The molecule has 0 amide bonds. The van der Waals surface area contributed by atoms with Crippen LogP contribution in [0.15, 0.2) is 48.5 Å². The highest BCUT2D eigenvalue weighted by Crippen LogP contribution is 2.29. The summed E-state index contributed by atoms with van der Waals surface area (Å²) in [6, 6.07) is 12.8. The van der Waals surface area contributed by atoms with Crippen molar-refractivity contribution < 1.29 is 18.1 Å². The Bertz CT molecular complexity index is 952. The maximum absolute atomic E-state index is 13.0. The number of rotatable bonds is 4. The van der Waals surface area contributed by atoms with Crippen LogP contribution in [0.1, 0.15) is 17.0 Å². The Labute approximate surface area is 146 Å². The number of hydrogen-bond acceptors (Lipinski definition) is 4. The van der Waals surface area contributed by atoms with E-state index in [-0.39, 0.29) is 18.1 Å². The number of halogens is 3. The molecular formula is C17H13F3N4O2. The van der Waals surface area contributed by atoms with Gasteiger partial charge in [0.15, 0.2) is 5.82 Å². The van der Waals surface area contributed by atoms with Gasteiger partial charge in [-0.1, -0.05) is 36.4 Å². The van der Waals surface area contributed by atoms with Crippen molar-refractivity contribution in [3.8, 4) is 11.4 Å². The van der Waals surface area contributed by atoms with Crippen LogP contribution >= 0.6 is 0 Å². The van der Waals surface area contributed by atoms with Crippen LogP contribution in [0.25, 0.3) is 11.4 Å². The third-order valence-electron chi connectivity index (χ3n) is 3.75. The predicted octanol–water partition coefficient (Wildman–Crippen LogP) is 4.23. The minimum atomic E-state index is -4.67. The number of nitrogens with zero attached hydrogens (tertiary/aromatic N) is 4. The molecule has 0 aliphatic rings. The zero-order valence-corrected chi connectivity index (χ0v) is 13.6. The summed E-state index contributed by atoms with van der Waals surface area (Å²) >= 11 is 0. The lowest BCUT2D eigenvalue weighted by Gasteiger charge is -2.07. The van der Waals surface area contributed by atoms with E-state index >= 15 is 0 Å². The summed E-state index contributed by atoms with van der Waals surface area (Å²) < 4.78 is 40.2. The summed E-state index contributed by atoms with van der Waals surface area (Å²) in [4.78, 5) is 14.0. The Morgan fingerprint density at radius 2 is 1.85 bits per heavy atom. The lowest BCUT2D eigenvalue weighted by Crippen LogP contribution is -2.09. The third kappa shape index (κ3) is 3.56. The molecule has 0 radical (unpaired) electrons. The SMILES string of the molecule is Cc1cc(Cn2nc(C(F)(F)F)nc2-c2ccccc2)ccc1[N+](=O)[O-]. The highest BCUT2D eigenvalue weighted by molar-refractivity contribution is 5.55.